The Balaban J connectivity index is 2.21. The molecule has 1 heterocycles. The smallest absolute Gasteiger partial charge is 0.152 e. The third-order valence-corrected chi connectivity index (χ3v) is 5.11. The largest absolute Gasteiger partial charge is 0.295 e. The zero-order chi connectivity index (χ0) is 20.0. The lowest BCUT2D eigenvalue weighted by Gasteiger charge is -2.37. The number of hydrogen-bond donors (Lipinski definition) is 0. The summed E-state index contributed by atoms with van der Waals surface area (Å²) in [6.07, 6.45) is 17.7. The lowest BCUT2D eigenvalue weighted by molar-refractivity contribution is -0.112. The molecule has 1 aromatic rings. The monoisotopic (exact) mass is 365 g/mol. The van der Waals surface area contributed by atoms with Gasteiger partial charge in [0.15, 0.2) is 5.78 Å². The zero-order valence-corrected chi connectivity index (χ0v) is 17.4. The maximum absolute atomic E-state index is 11.1. The van der Waals surface area contributed by atoms with Crippen molar-refractivity contribution >= 4 is 5.78 Å². The summed E-state index contributed by atoms with van der Waals surface area (Å²) >= 11 is 0. The summed E-state index contributed by atoms with van der Waals surface area (Å²) in [7, 11) is 0. The molecule has 27 heavy (non-hydrogen) atoms. The van der Waals surface area contributed by atoms with Crippen LogP contribution in [-0.4, -0.2) is 20.5 Å². The van der Waals surface area contributed by atoms with E-state index in [9.17, 15) is 4.79 Å². The SMILES string of the molecule is CC(=O)/C=C(C)/C=C/C=C(C)/C=C/C1=C(C)C(n2cncn2)CCC1(C)C. The standard InChI is InChI=1S/C23H31N3O/c1-17(8-7-9-18(2)14-19(3)27)10-11-21-20(4)22(12-13-23(21,5)6)26-16-24-15-25-26/h7-11,14-16,22H,12-13H2,1-6H3/b9-7+,11-10+,17-8+,18-14+. The molecular weight excluding hydrogens is 334 g/mol. The Bertz CT molecular complexity index is 818. The lowest BCUT2D eigenvalue weighted by atomic mass is 9.71. The predicted molar refractivity (Wildman–Crippen MR) is 111 cm³/mol. The van der Waals surface area contributed by atoms with Crippen LogP contribution in [0.3, 0.4) is 0 Å². The number of allylic oxidation sites excluding steroid dienone is 10. The highest BCUT2D eigenvalue weighted by molar-refractivity contribution is 5.88. The lowest BCUT2D eigenvalue weighted by Crippen LogP contribution is -2.26. The molecule has 0 amide bonds. The molecule has 144 valence electrons. The topological polar surface area (TPSA) is 47.8 Å². The van der Waals surface area contributed by atoms with E-state index in [2.05, 4.69) is 56.0 Å². The highest BCUT2D eigenvalue weighted by Crippen LogP contribution is 2.45. The molecule has 0 bridgehead atoms. The average molecular weight is 366 g/mol. The molecule has 1 aromatic heterocycles. The number of hydrogen-bond acceptors (Lipinski definition) is 3. The summed E-state index contributed by atoms with van der Waals surface area (Å²) < 4.78 is 1.97. The molecule has 0 fully saturated rings. The summed E-state index contributed by atoms with van der Waals surface area (Å²) in [6.45, 7) is 12.4. The molecule has 4 nitrogen and oxygen atoms in total. The molecule has 0 aromatic carbocycles. The van der Waals surface area contributed by atoms with Crippen LogP contribution in [0, 0.1) is 5.41 Å². The number of ketones is 1. The normalized spacial score (nSPS) is 21.5. The van der Waals surface area contributed by atoms with Crippen LogP contribution in [0.4, 0.5) is 0 Å². The van der Waals surface area contributed by atoms with Crippen molar-refractivity contribution in [1.82, 2.24) is 14.8 Å². The van der Waals surface area contributed by atoms with E-state index >= 15 is 0 Å². The van der Waals surface area contributed by atoms with Crippen molar-refractivity contribution in [1.29, 1.82) is 0 Å². The van der Waals surface area contributed by atoms with E-state index in [1.54, 1.807) is 25.7 Å². The van der Waals surface area contributed by atoms with E-state index in [1.165, 1.54) is 16.7 Å². The van der Waals surface area contributed by atoms with Crippen LogP contribution in [0.5, 0.6) is 0 Å². The van der Waals surface area contributed by atoms with E-state index < -0.39 is 0 Å². The molecule has 0 saturated heterocycles. The molecule has 1 aliphatic carbocycles. The van der Waals surface area contributed by atoms with E-state index in [1.807, 2.05) is 23.8 Å². The second-order valence-electron chi connectivity index (χ2n) is 8.01. The van der Waals surface area contributed by atoms with Gasteiger partial charge < -0.3 is 0 Å². The van der Waals surface area contributed by atoms with Gasteiger partial charge in [-0.2, -0.15) is 5.10 Å². The molecule has 0 spiro atoms. The Morgan fingerprint density at radius 1 is 1.22 bits per heavy atom. The van der Waals surface area contributed by atoms with E-state index in [4.69, 9.17) is 0 Å². The molecule has 0 N–H and O–H groups in total. The van der Waals surface area contributed by atoms with Gasteiger partial charge in [0.1, 0.15) is 12.7 Å². The highest BCUT2D eigenvalue weighted by atomic mass is 16.1. The highest BCUT2D eigenvalue weighted by Gasteiger charge is 2.32. The molecule has 0 aliphatic heterocycles. The predicted octanol–water partition coefficient (Wildman–Crippen LogP) is 5.55. The summed E-state index contributed by atoms with van der Waals surface area (Å²) in [6, 6.07) is 0.281. The van der Waals surface area contributed by atoms with Gasteiger partial charge in [-0.15, -0.1) is 0 Å². The third kappa shape index (κ3) is 5.75. The van der Waals surface area contributed by atoms with Gasteiger partial charge in [-0.25, -0.2) is 9.67 Å². The van der Waals surface area contributed by atoms with Crippen LogP contribution < -0.4 is 0 Å². The van der Waals surface area contributed by atoms with Crippen molar-refractivity contribution in [2.24, 2.45) is 5.41 Å². The first-order valence-electron chi connectivity index (χ1n) is 9.48. The van der Waals surface area contributed by atoms with Crippen molar-refractivity contribution in [3.05, 3.63) is 71.4 Å². The minimum Gasteiger partial charge on any atom is -0.295 e. The number of carbonyl (C=O) groups is 1. The van der Waals surface area contributed by atoms with Gasteiger partial charge in [0, 0.05) is 0 Å². The fraction of sp³-hybridized carbons (Fsp3) is 0.435. The maximum Gasteiger partial charge on any atom is 0.152 e. The van der Waals surface area contributed by atoms with Gasteiger partial charge in [-0.1, -0.05) is 49.8 Å². The average Bonchev–Trinajstić information content (AvgIpc) is 3.07. The number of carbonyl (C=O) groups excluding carboxylic acids is 1. The minimum atomic E-state index is 0.0709. The first kappa shape index (κ1) is 20.8. The Hall–Kier alpha value is -2.49. The fourth-order valence-electron chi connectivity index (χ4n) is 3.62. The van der Waals surface area contributed by atoms with Crippen molar-refractivity contribution < 1.29 is 4.79 Å². The molecule has 1 atom stereocenters. The van der Waals surface area contributed by atoms with Crippen molar-refractivity contribution in [2.75, 3.05) is 0 Å². The quantitative estimate of drug-likeness (QED) is 0.490. The van der Waals surface area contributed by atoms with Crippen LogP contribution in [0.1, 0.15) is 60.4 Å². The van der Waals surface area contributed by atoms with Crippen LogP contribution in [0.2, 0.25) is 0 Å². The molecule has 0 saturated carbocycles. The molecule has 1 unspecified atom stereocenters. The van der Waals surface area contributed by atoms with Gasteiger partial charge in [-0.05, 0) is 68.7 Å². The molecule has 4 heteroatoms. The summed E-state index contributed by atoms with van der Waals surface area (Å²) in [5.74, 6) is 0.0709. The number of nitrogens with zero attached hydrogens (tertiary/aromatic N) is 3. The maximum atomic E-state index is 11.1. The van der Waals surface area contributed by atoms with Crippen LogP contribution in [0.15, 0.2) is 71.4 Å². The van der Waals surface area contributed by atoms with Crippen LogP contribution in [-0.2, 0) is 4.79 Å². The first-order chi connectivity index (χ1) is 12.7. The zero-order valence-electron chi connectivity index (χ0n) is 17.4. The van der Waals surface area contributed by atoms with E-state index in [-0.39, 0.29) is 17.2 Å². The molecular formula is C23H31N3O. The molecule has 0 radical (unpaired) electrons. The number of aromatic nitrogens is 3. The van der Waals surface area contributed by atoms with Gasteiger partial charge in [0.05, 0.1) is 6.04 Å². The summed E-state index contributed by atoms with van der Waals surface area (Å²) in [5, 5.41) is 4.34. The Morgan fingerprint density at radius 2 is 1.96 bits per heavy atom. The van der Waals surface area contributed by atoms with Gasteiger partial charge in [0.25, 0.3) is 0 Å². The number of rotatable bonds is 6. The first-order valence-corrected chi connectivity index (χ1v) is 9.48. The Morgan fingerprint density at radius 3 is 2.59 bits per heavy atom. The van der Waals surface area contributed by atoms with Crippen molar-refractivity contribution in [3.63, 3.8) is 0 Å². The van der Waals surface area contributed by atoms with Gasteiger partial charge in [0.2, 0.25) is 0 Å². The van der Waals surface area contributed by atoms with E-state index in [0.717, 1.165) is 18.4 Å². The van der Waals surface area contributed by atoms with Crippen molar-refractivity contribution in [3.8, 4) is 0 Å². The van der Waals surface area contributed by atoms with Crippen molar-refractivity contribution in [2.45, 2.75) is 60.4 Å². The van der Waals surface area contributed by atoms with Crippen LogP contribution in [0.25, 0.3) is 0 Å². The molecule has 1 aliphatic rings. The minimum absolute atomic E-state index is 0.0709. The van der Waals surface area contributed by atoms with E-state index in [0.29, 0.717) is 0 Å². The second-order valence-corrected chi connectivity index (χ2v) is 8.01. The Labute approximate surface area is 163 Å². The van der Waals surface area contributed by atoms with Crippen LogP contribution >= 0.6 is 0 Å². The summed E-state index contributed by atoms with van der Waals surface area (Å²) in [5.41, 5.74) is 5.00. The summed E-state index contributed by atoms with van der Waals surface area (Å²) in [4.78, 5) is 15.2. The third-order valence-electron chi connectivity index (χ3n) is 5.11. The molecule has 2 rings (SSSR count). The Kier molecular flexibility index (Phi) is 6.89. The second kappa shape index (κ2) is 8.94. The fourth-order valence-corrected chi connectivity index (χ4v) is 3.62. The van der Waals surface area contributed by atoms with Gasteiger partial charge in [-0.3, -0.25) is 4.79 Å². The van der Waals surface area contributed by atoms with Gasteiger partial charge >= 0.3 is 0 Å².